The molecule has 0 aliphatic rings. The van der Waals surface area contributed by atoms with Crippen LogP contribution in [0.2, 0.25) is 0 Å². The molecule has 0 spiro atoms. The van der Waals surface area contributed by atoms with E-state index in [1.807, 2.05) is 31.2 Å². The fourth-order valence-electron chi connectivity index (χ4n) is 2.05. The van der Waals surface area contributed by atoms with Gasteiger partial charge in [0.25, 0.3) is 5.91 Å². The number of thiophene rings is 1. The summed E-state index contributed by atoms with van der Waals surface area (Å²) in [5.74, 6) is -0.0330. The minimum Gasteiger partial charge on any atom is -0.349 e. The number of hydrogen-bond acceptors (Lipinski definition) is 3. The molecule has 2 aromatic rings. The van der Waals surface area contributed by atoms with Crippen molar-refractivity contribution >= 4 is 29.7 Å². The first-order valence-corrected chi connectivity index (χ1v) is 7.55. The zero-order valence-corrected chi connectivity index (χ0v) is 13.9. The van der Waals surface area contributed by atoms with Crippen LogP contribution in [0.4, 0.5) is 0 Å². The number of nitrogens with two attached hydrogens (primary N) is 1. The number of carbonyl (C=O) groups excluding carboxylic acids is 1. The van der Waals surface area contributed by atoms with E-state index in [1.165, 1.54) is 9.75 Å². The number of hydrogen-bond donors (Lipinski definition) is 2. The topological polar surface area (TPSA) is 55.1 Å². The van der Waals surface area contributed by atoms with Crippen molar-refractivity contribution in [2.24, 2.45) is 5.73 Å². The Morgan fingerprint density at radius 1 is 1.24 bits per heavy atom. The van der Waals surface area contributed by atoms with Gasteiger partial charge < -0.3 is 11.1 Å². The number of amides is 1. The standard InChI is InChI=1S/C16H20N2OS.ClH/c1-11(9-15-8-3-12(2)20-15)18-16(19)14-6-4-13(10-17)5-7-14;/h3-8,11H,9-10,17H2,1-2H3,(H,18,19);1H. The van der Waals surface area contributed by atoms with Crippen molar-refractivity contribution in [3.8, 4) is 0 Å². The van der Waals surface area contributed by atoms with E-state index in [0.717, 1.165) is 12.0 Å². The molecular formula is C16H21ClN2OS. The summed E-state index contributed by atoms with van der Waals surface area (Å²) in [6, 6.07) is 11.8. The average molecular weight is 325 g/mol. The lowest BCUT2D eigenvalue weighted by molar-refractivity contribution is 0.0940. The second kappa shape index (κ2) is 8.17. The van der Waals surface area contributed by atoms with Gasteiger partial charge in [0.1, 0.15) is 0 Å². The number of rotatable bonds is 5. The van der Waals surface area contributed by atoms with Crippen LogP contribution in [0.5, 0.6) is 0 Å². The van der Waals surface area contributed by atoms with Crippen LogP contribution < -0.4 is 11.1 Å². The number of benzene rings is 1. The van der Waals surface area contributed by atoms with E-state index >= 15 is 0 Å². The molecule has 21 heavy (non-hydrogen) atoms. The Morgan fingerprint density at radius 3 is 2.43 bits per heavy atom. The molecule has 0 radical (unpaired) electrons. The Morgan fingerprint density at radius 2 is 1.90 bits per heavy atom. The Balaban J connectivity index is 0.00000220. The fraction of sp³-hybridized carbons (Fsp3) is 0.312. The second-order valence-electron chi connectivity index (χ2n) is 4.99. The van der Waals surface area contributed by atoms with Gasteiger partial charge in [0, 0.05) is 34.3 Å². The molecule has 2 rings (SSSR count). The summed E-state index contributed by atoms with van der Waals surface area (Å²) in [5.41, 5.74) is 7.25. The zero-order valence-electron chi connectivity index (χ0n) is 12.3. The van der Waals surface area contributed by atoms with E-state index in [9.17, 15) is 4.79 Å². The van der Waals surface area contributed by atoms with Crippen molar-refractivity contribution in [3.63, 3.8) is 0 Å². The molecule has 0 aliphatic heterocycles. The first-order valence-electron chi connectivity index (χ1n) is 6.73. The highest BCUT2D eigenvalue weighted by Crippen LogP contribution is 2.16. The molecule has 0 aliphatic carbocycles. The maximum absolute atomic E-state index is 12.1. The number of aryl methyl sites for hydroxylation is 1. The molecule has 0 bridgehead atoms. The van der Waals surface area contributed by atoms with Crippen molar-refractivity contribution in [2.45, 2.75) is 32.9 Å². The van der Waals surface area contributed by atoms with Crippen LogP contribution in [-0.2, 0) is 13.0 Å². The van der Waals surface area contributed by atoms with E-state index in [0.29, 0.717) is 12.1 Å². The summed E-state index contributed by atoms with van der Waals surface area (Å²) < 4.78 is 0. The minimum atomic E-state index is -0.0330. The van der Waals surface area contributed by atoms with Crippen molar-refractivity contribution in [1.82, 2.24) is 5.32 Å². The van der Waals surface area contributed by atoms with Crippen LogP contribution in [0.15, 0.2) is 36.4 Å². The van der Waals surface area contributed by atoms with Crippen molar-refractivity contribution in [3.05, 3.63) is 57.3 Å². The number of nitrogens with one attached hydrogen (secondary N) is 1. The van der Waals surface area contributed by atoms with Crippen LogP contribution in [0, 0.1) is 6.92 Å². The first kappa shape index (κ1) is 17.7. The van der Waals surface area contributed by atoms with Gasteiger partial charge in [-0.2, -0.15) is 0 Å². The number of carbonyl (C=O) groups is 1. The van der Waals surface area contributed by atoms with Gasteiger partial charge in [-0.05, 0) is 43.7 Å². The molecule has 1 unspecified atom stereocenters. The van der Waals surface area contributed by atoms with Gasteiger partial charge in [0.2, 0.25) is 0 Å². The Labute approximate surface area is 136 Å². The van der Waals surface area contributed by atoms with Crippen molar-refractivity contribution < 1.29 is 4.79 Å². The lowest BCUT2D eigenvalue weighted by Crippen LogP contribution is -2.33. The van der Waals surface area contributed by atoms with E-state index in [4.69, 9.17) is 5.73 Å². The van der Waals surface area contributed by atoms with Crippen LogP contribution in [-0.4, -0.2) is 11.9 Å². The molecule has 0 saturated heterocycles. The Bertz CT molecular complexity index is 580. The monoisotopic (exact) mass is 324 g/mol. The van der Waals surface area contributed by atoms with Gasteiger partial charge in [-0.25, -0.2) is 0 Å². The molecule has 1 amide bonds. The molecule has 0 fully saturated rings. The molecule has 5 heteroatoms. The minimum absolute atomic E-state index is 0. The molecule has 1 aromatic heterocycles. The van der Waals surface area contributed by atoms with E-state index < -0.39 is 0 Å². The van der Waals surface area contributed by atoms with Gasteiger partial charge in [-0.3, -0.25) is 4.79 Å². The van der Waals surface area contributed by atoms with Crippen molar-refractivity contribution in [2.75, 3.05) is 0 Å². The SMILES string of the molecule is Cc1ccc(CC(C)NC(=O)c2ccc(CN)cc2)s1.Cl. The molecule has 1 aromatic carbocycles. The highest BCUT2D eigenvalue weighted by molar-refractivity contribution is 7.11. The summed E-state index contributed by atoms with van der Waals surface area (Å²) in [4.78, 5) is 14.7. The normalized spacial score (nSPS) is 11.6. The van der Waals surface area contributed by atoms with Crippen LogP contribution in [0.3, 0.4) is 0 Å². The third kappa shape index (κ3) is 5.16. The van der Waals surface area contributed by atoms with Gasteiger partial charge in [0.15, 0.2) is 0 Å². The molecule has 3 N–H and O–H groups in total. The highest BCUT2D eigenvalue weighted by Gasteiger charge is 2.11. The Hall–Kier alpha value is -1.36. The van der Waals surface area contributed by atoms with Gasteiger partial charge >= 0.3 is 0 Å². The van der Waals surface area contributed by atoms with Gasteiger partial charge in [-0.1, -0.05) is 12.1 Å². The van der Waals surface area contributed by atoms with Crippen LogP contribution in [0.25, 0.3) is 0 Å². The predicted octanol–water partition coefficient (Wildman–Crippen LogP) is 3.30. The third-order valence-corrected chi connectivity index (χ3v) is 4.16. The van der Waals surface area contributed by atoms with Crippen LogP contribution in [0.1, 0.15) is 32.6 Å². The largest absolute Gasteiger partial charge is 0.349 e. The van der Waals surface area contributed by atoms with E-state index in [2.05, 4.69) is 24.4 Å². The molecule has 0 saturated carbocycles. The molecule has 3 nitrogen and oxygen atoms in total. The highest BCUT2D eigenvalue weighted by atomic mass is 35.5. The molecule has 1 heterocycles. The lowest BCUT2D eigenvalue weighted by Gasteiger charge is -2.13. The predicted molar refractivity (Wildman–Crippen MR) is 91.3 cm³/mol. The molecule has 114 valence electrons. The Kier molecular flexibility index (Phi) is 6.89. The summed E-state index contributed by atoms with van der Waals surface area (Å²) in [5, 5.41) is 3.03. The summed E-state index contributed by atoms with van der Waals surface area (Å²) in [7, 11) is 0. The first-order chi connectivity index (χ1) is 9.58. The number of halogens is 1. The maximum Gasteiger partial charge on any atom is 0.251 e. The fourth-order valence-corrected chi connectivity index (χ4v) is 3.07. The summed E-state index contributed by atoms with van der Waals surface area (Å²) in [6.07, 6.45) is 0.866. The molecular weight excluding hydrogens is 304 g/mol. The average Bonchev–Trinajstić information content (AvgIpc) is 2.84. The maximum atomic E-state index is 12.1. The summed E-state index contributed by atoms with van der Waals surface area (Å²) in [6.45, 7) is 4.62. The van der Waals surface area contributed by atoms with E-state index in [-0.39, 0.29) is 24.4 Å². The van der Waals surface area contributed by atoms with Gasteiger partial charge in [-0.15, -0.1) is 23.7 Å². The third-order valence-electron chi connectivity index (χ3n) is 3.13. The van der Waals surface area contributed by atoms with Crippen LogP contribution >= 0.6 is 23.7 Å². The van der Waals surface area contributed by atoms with Gasteiger partial charge in [0.05, 0.1) is 0 Å². The second-order valence-corrected chi connectivity index (χ2v) is 6.36. The molecule has 1 atom stereocenters. The van der Waals surface area contributed by atoms with E-state index in [1.54, 1.807) is 11.3 Å². The van der Waals surface area contributed by atoms with Crippen molar-refractivity contribution in [1.29, 1.82) is 0 Å². The zero-order chi connectivity index (χ0) is 14.5. The quantitative estimate of drug-likeness (QED) is 0.886. The smallest absolute Gasteiger partial charge is 0.251 e. The lowest BCUT2D eigenvalue weighted by atomic mass is 10.1. The summed E-state index contributed by atoms with van der Waals surface area (Å²) >= 11 is 1.78.